The number of carboxylic acid groups (broad SMARTS) is 1. The van der Waals surface area contributed by atoms with Crippen LogP contribution in [-0.2, 0) is 35.2 Å². The lowest BCUT2D eigenvalue weighted by atomic mass is 10.0. The molecule has 13 heteroatoms. The molecule has 1 aromatic rings. The third-order valence-corrected chi connectivity index (χ3v) is 5.79. The number of nitrogens with one attached hydrogen (secondary N) is 2. The largest absolute Gasteiger partial charge is 0.480 e. The fraction of sp³-hybridized carbons (Fsp3) is 0.478. The van der Waals surface area contributed by atoms with Gasteiger partial charge < -0.3 is 37.8 Å². The average molecular weight is 505 g/mol. The number of nitrogens with two attached hydrogens (primary N) is 3. The molecule has 0 radical (unpaired) electrons. The topological polar surface area (TPSA) is 228 Å². The molecule has 0 bridgehead atoms. The lowest BCUT2D eigenvalue weighted by Gasteiger charge is -2.29. The van der Waals surface area contributed by atoms with Crippen molar-refractivity contribution in [2.45, 2.75) is 62.7 Å². The minimum Gasteiger partial charge on any atom is -0.480 e. The molecular formula is C23H32N6O7. The summed E-state index contributed by atoms with van der Waals surface area (Å²) in [5.41, 5.74) is 17.1. The van der Waals surface area contributed by atoms with Gasteiger partial charge >= 0.3 is 5.97 Å². The number of nitrogens with zero attached hydrogens (tertiary/aromatic N) is 1. The molecule has 1 heterocycles. The summed E-state index contributed by atoms with van der Waals surface area (Å²) in [5, 5.41) is 14.1. The quantitative estimate of drug-likeness (QED) is 0.171. The van der Waals surface area contributed by atoms with Gasteiger partial charge in [0.15, 0.2) is 0 Å². The third kappa shape index (κ3) is 8.34. The molecule has 13 nitrogen and oxygen atoms in total. The van der Waals surface area contributed by atoms with Crippen molar-refractivity contribution in [3.05, 3.63) is 35.9 Å². The summed E-state index contributed by atoms with van der Waals surface area (Å²) >= 11 is 0. The van der Waals surface area contributed by atoms with E-state index in [4.69, 9.17) is 17.2 Å². The number of rotatable bonds is 13. The number of primary amides is 2. The molecule has 1 aliphatic rings. The van der Waals surface area contributed by atoms with Crippen LogP contribution in [0.15, 0.2) is 30.3 Å². The maximum absolute atomic E-state index is 13.3. The van der Waals surface area contributed by atoms with Crippen LogP contribution in [0.25, 0.3) is 0 Å². The Kier molecular flexibility index (Phi) is 10.3. The van der Waals surface area contributed by atoms with Crippen molar-refractivity contribution in [1.29, 1.82) is 0 Å². The van der Waals surface area contributed by atoms with E-state index in [1.54, 1.807) is 24.3 Å². The van der Waals surface area contributed by atoms with Gasteiger partial charge in [0.25, 0.3) is 0 Å². The van der Waals surface area contributed by atoms with E-state index in [1.165, 1.54) is 4.90 Å². The van der Waals surface area contributed by atoms with E-state index in [9.17, 15) is 33.9 Å². The second-order valence-corrected chi connectivity index (χ2v) is 8.62. The van der Waals surface area contributed by atoms with Crippen LogP contribution in [-0.4, -0.2) is 76.2 Å². The molecule has 1 aliphatic heterocycles. The highest BCUT2D eigenvalue weighted by Gasteiger charge is 2.39. The first-order valence-electron chi connectivity index (χ1n) is 11.5. The number of carbonyl (C=O) groups excluding carboxylic acids is 5. The van der Waals surface area contributed by atoms with Crippen LogP contribution in [0.1, 0.15) is 37.7 Å². The van der Waals surface area contributed by atoms with Crippen LogP contribution < -0.4 is 27.8 Å². The van der Waals surface area contributed by atoms with Gasteiger partial charge in [-0.1, -0.05) is 30.3 Å². The van der Waals surface area contributed by atoms with Crippen LogP contribution in [0.4, 0.5) is 0 Å². The number of hydrogen-bond acceptors (Lipinski definition) is 7. The van der Waals surface area contributed by atoms with Crippen LogP contribution >= 0.6 is 0 Å². The van der Waals surface area contributed by atoms with Gasteiger partial charge in [-0.3, -0.25) is 24.0 Å². The van der Waals surface area contributed by atoms with Crippen molar-refractivity contribution < 1.29 is 33.9 Å². The minimum absolute atomic E-state index is 0.150. The van der Waals surface area contributed by atoms with E-state index in [0.717, 1.165) is 5.56 Å². The number of carboxylic acids is 1. The lowest BCUT2D eigenvalue weighted by molar-refractivity contribution is -0.145. The van der Waals surface area contributed by atoms with E-state index < -0.39 is 66.1 Å². The van der Waals surface area contributed by atoms with E-state index >= 15 is 0 Å². The molecule has 0 saturated carbocycles. The van der Waals surface area contributed by atoms with Crippen molar-refractivity contribution in [2.75, 3.05) is 6.54 Å². The summed E-state index contributed by atoms with van der Waals surface area (Å²) in [7, 11) is 0. The van der Waals surface area contributed by atoms with E-state index in [1.807, 2.05) is 6.07 Å². The zero-order chi connectivity index (χ0) is 26.8. The summed E-state index contributed by atoms with van der Waals surface area (Å²) in [6.07, 6.45) is -0.0973. The fourth-order valence-electron chi connectivity index (χ4n) is 3.96. The highest BCUT2D eigenvalue weighted by Crippen LogP contribution is 2.20. The first kappa shape index (κ1) is 28.2. The maximum atomic E-state index is 13.3. The molecule has 1 aromatic carbocycles. The Morgan fingerprint density at radius 1 is 1.00 bits per heavy atom. The van der Waals surface area contributed by atoms with Crippen molar-refractivity contribution in [2.24, 2.45) is 17.2 Å². The Labute approximate surface area is 207 Å². The molecule has 0 spiro atoms. The van der Waals surface area contributed by atoms with E-state index in [2.05, 4.69) is 10.6 Å². The SMILES string of the molecule is NC(=O)CCC(NC(=O)C1CCCN1C(=O)C(CC(N)=O)NC(=O)C(N)Cc1ccccc1)C(=O)O. The number of carbonyl (C=O) groups is 6. The van der Waals surface area contributed by atoms with Crippen LogP contribution in [0.5, 0.6) is 0 Å². The minimum atomic E-state index is -1.38. The molecule has 5 amide bonds. The monoisotopic (exact) mass is 504 g/mol. The van der Waals surface area contributed by atoms with Crippen molar-refractivity contribution in [1.82, 2.24) is 15.5 Å². The normalized spacial score (nSPS) is 17.5. The van der Waals surface area contributed by atoms with Gasteiger partial charge in [0.2, 0.25) is 29.5 Å². The second-order valence-electron chi connectivity index (χ2n) is 8.62. The molecule has 36 heavy (non-hydrogen) atoms. The smallest absolute Gasteiger partial charge is 0.326 e. The summed E-state index contributed by atoms with van der Waals surface area (Å²) in [6.45, 7) is 0.150. The third-order valence-electron chi connectivity index (χ3n) is 5.79. The zero-order valence-corrected chi connectivity index (χ0v) is 19.7. The molecular weight excluding hydrogens is 472 g/mol. The Morgan fingerprint density at radius 3 is 2.25 bits per heavy atom. The first-order chi connectivity index (χ1) is 17.0. The maximum Gasteiger partial charge on any atom is 0.326 e. The Morgan fingerprint density at radius 2 is 1.67 bits per heavy atom. The van der Waals surface area contributed by atoms with Gasteiger partial charge in [-0.25, -0.2) is 4.79 Å². The average Bonchev–Trinajstić information content (AvgIpc) is 3.30. The standard InChI is InChI=1S/C23H32N6O7/c24-14(11-13-5-2-1-3-6-13)20(32)28-16(12-19(26)31)22(34)29-10-4-7-17(29)21(33)27-15(23(35)36)8-9-18(25)30/h1-3,5-6,14-17H,4,7-12,24H2,(H2,25,30)(H2,26,31)(H,27,33)(H,28,32)(H,35,36). The van der Waals surface area contributed by atoms with E-state index in [0.29, 0.717) is 6.42 Å². The lowest BCUT2D eigenvalue weighted by Crippen LogP contribution is -2.57. The highest BCUT2D eigenvalue weighted by molar-refractivity contribution is 5.96. The van der Waals surface area contributed by atoms with Crippen molar-refractivity contribution in [3.63, 3.8) is 0 Å². The number of likely N-dealkylation sites (tertiary alicyclic amines) is 1. The molecule has 1 fully saturated rings. The summed E-state index contributed by atoms with van der Waals surface area (Å²) in [4.78, 5) is 74.0. The highest BCUT2D eigenvalue weighted by atomic mass is 16.4. The van der Waals surface area contributed by atoms with Gasteiger partial charge in [0.05, 0.1) is 12.5 Å². The summed E-state index contributed by atoms with van der Waals surface area (Å²) in [5.74, 6) is -5.03. The Balaban J connectivity index is 2.10. The number of aliphatic carboxylic acids is 1. The summed E-state index contributed by atoms with van der Waals surface area (Å²) < 4.78 is 0. The van der Waals surface area contributed by atoms with E-state index in [-0.39, 0.29) is 32.2 Å². The molecule has 2 rings (SSSR count). The predicted molar refractivity (Wildman–Crippen MR) is 127 cm³/mol. The number of benzene rings is 1. The molecule has 1 saturated heterocycles. The number of hydrogen-bond donors (Lipinski definition) is 6. The number of amides is 5. The molecule has 0 aliphatic carbocycles. The second kappa shape index (κ2) is 13.2. The fourth-order valence-corrected chi connectivity index (χ4v) is 3.96. The Hall–Kier alpha value is -4.00. The van der Waals surface area contributed by atoms with Gasteiger partial charge in [-0.15, -0.1) is 0 Å². The van der Waals surface area contributed by atoms with Crippen LogP contribution in [0, 0.1) is 0 Å². The van der Waals surface area contributed by atoms with Crippen molar-refractivity contribution >= 4 is 35.5 Å². The van der Waals surface area contributed by atoms with Crippen molar-refractivity contribution in [3.8, 4) is 0 Å². The molecule has 4 atom stereocenters. The Bertz CT molecular complexity index is 986. The zero-order valence-electron chi connectivity index (χ0n) is 19.7. The van der Waals surface area contributed by atoms with Crippen LogP contribution in [0.3, 0.4) is 0 Å². The predicted octanol–water partition coefficient (Wildman–Crippen LogP) is -2.26. The summed E-state index contributed by atoms with van der Waals surface area (Å²) in [6, 6.07) is 4.22. The molecule has 196 valence electrons. The van der Waals surface area contributed by atoms with Crippen LogP contribution in [0.2, 0.25) is 0 Å². The first-order valence-corrected chi connectivity index (χ1v) is 11.5. The van der Waals surface area contributed by atoms with Gasteiger partial charge in [-0.2, -0.15) is 0 Å². The van der Waals surface area contributed by atoms with Gasteiger partial charge in [-0.05, 0) is 31.2 Å². The molecule has 0 aromatic heterocycles. The molecule has 9 N–H and O–H groups in total. The van der Waals surface area contributed by atoms with Gasteiger partial charge in [0.1, 0.15) is 18.1 Å². The van der Waals surface area contributed by atoms with Gasteiger partial charge in [0, 0.05) is 13.0 Å². The molecule has 4 unspecified atom stereocenters.